The van der Waals surface area contributed by atoms with Gasteiger partial charge in [0.15, 0.2) is 11.0 Å². The molecule has 0 radical (unpaired) electrons. The van der Waals surface area contributed by atoms with Gasteiger partial charge in [-0.3, -0.25) is 9.59 Å². The minimum absolute atomic E-state index is 0.0752. The standard InChI is InChI=1S/C26H24FN5O2S/c1-17(18-8-4-3-5-9-18)28-25(34)21-10-6-7-11-22(21)29-23(33)16-35-26-31-30-24(32(26)2)19-12-14-20(27)15-13-19/h3-15,17H,16H2,1-2H3,(H,28,34)(H,29,33). The highest BCUT2D eigenvalue weighted by molar-refractivity contribution is 7.99. The molecule has 0 aliphatic rings. The number of benzene rings is 3. The predicted molar refractivity (Wildman–Crippen MR) is 135 cm³/mol. The number of carbonyl (C=O) groups is 2. The molecular weight excluding hydrogens is 465 g/mol. The van der Waals surface area contributed by atoms with Gasteiger partial charge < -0.3 is 15.2 Å². The molecule has 2 N–H and O–H groups in total. The summed E-state index contributed by atoms with van der Waals surface area (Å²) in [6, 6.07) is 22.3. The molecule has 3 aromatic carbocycles. The molecule has 7 nitrogen and oxygen atoms in total. The van der Waals surface area contributed by atoms with Gasteiger partial charge in [0.1, 0.15) is 5.82 Å². The Kier molecular flexibility index (Phi) is 7.57. The summed E-state index contributed by atoms with van der Waals surface area (Å²) in [6.07, 6.45) is 0. The molecule has 35 heavy (non-hydrogen) atoms. The van der Waals surface area contributed by atoms with E-state index in [9.17, 15) is 14.0 Å². The van der Waals surface area contributed by atoms with Gasteiger partial charge in [-0.25, -0.2) is 4.39 Å². The van der Waals surface area contributed by atoms with Crippen LogP contribution < -0.4 is 10.6 Å². The summed E-state index contributed by atoms with van der Waals surface area (Å²) >= 11 is 1.22. The smallest absolute Gasteiger partial charge is 0.253 e. The molecule has 0 aliphatic carbocycles. The van der Waals surface area contributed by atoms with Crippen LogP contribution in [0.25, 0.3) is 11.4 Å². The van der Waals surface area contributed by atoms with Gasteiger partial charge in [-0.15, -0.1) is 10.2 Å². The van der Waals surface area contributed by atoms with E-state index < -0.39 is 0 Å². The van der Waals surface area contributed by atoms with Gasteiger partial charge in [-0.2, -0.15) is 0 Å². The van der Waals surface area contributed by atoms with E-state index in [2.05, 4.69) is 20.8 Å². The van der Waals surface area contributed by atoms with Gasteiger partial charge in [-0.05, 0) is 48.9 Å². The highest BCUT2D eigenvalue weighted by atomic mass is 32.2. The molecule has 0 saturated heterocycles. The molecule has 178 valence electrons. The number of nitrogens with one attached hydrogen (secondary N) is 2. The van der Waals surface area contributed by atoms with Gasteiger partial charge in [0.05, 0.1) is 23.0 Å². The molecule has 0 fully saturated rings. The Bertz CT molecular complexity index is 1330. The summed E-state index contributed by atoms with van der Waals surface area (Å²) in [5.41, 5.74) is 2.52. The first kappa shape index (κ1) is 24.2. The molecular formula is C26H24FN5O2S. The van der Waals surface area contributed by atoms with Crippen LogP contribution in [0.15, 0.2) is 84.0 Å². The molecule has 0 spiro atoms. The molecule has 1 atom stereocenters. The molecule has 0 aliphatic heterocycles. The van der Waals surface area contributed by atoms with Crippen LogP contribution in [0, 0.1) is 5.82 Å². The van der Waals surface area contributed by atoms with Crippen LogP contribution in [0.5, 0.6) is 0 Å². The molecule has 0 bridgehead atoms. The number of amides is 2. The van der Waals surface area contributed by atoms with E-state index in [0.29, 0.717) is 22.2 Å². The first-order valence-corrected chi connectivity index (χ1v) is 11.9. The van der Waals surface area contributed by atoms with Crippen molar-refractivity contribution in [1.82, 2.24) is 20.1 Å². The summed E-state index contributed by atoms with van der Waals surface area (Å²) in [4.78, 5) is 25.6. The Morgan fingerprint density at radius 2 is 1.66 bits per heavy atom. The van der Waals surface area contributed by atoms with Crippen LogP contribution >= 0.6 is 11.8 Å². The number of thioether (sulfide) groups is 1. The molecule has 1 unspecified atom stereocenters. The average molecular weight is 490 g/mol. The molecule has 0 saturated carbocycles. The average Bonchev–Trinajstić information content (AvgIpc) is 3.24. The maximum absolute atomic E-state index is 13.2. The normalized spacial score (nSPS) is 11.6. The lowest BCUT2D eigenvalue weighted by Crippen LogP contribution is -2.28. The van der Waals surface area contributed by atoms with Crippen molar-refractivity contribution in [1.29, 1.82) is 0 Å². The lowest BCUT2D eigenvalue weighted by Gasteiger charge is -2.16. The molecule has 4 aromatic rings. The van der Waals surface area contributed by atoms with Crippen molar-refractivity contribution in [3.05, 3.63) is 95.8 Å². The maximum Gasteiger partial charge on any atom is 0.253 e. The highest BCUT2D eigenvalue weighted by Crippen LogP contribution is 2.24. The zero-order valence-corrected chi connectivity index (χ0v) is 20.1. The number of rotatable bonds is 8. The van der Waals surface area contributed by atoms with E-state index in [1.807, 2.05) is 37.3 Å². The zero-order valence-electron chi connectivity index (χ0n) is 19.2. The molecule has 1 heterocycles. The fourth-order valence-electron chi connectivity index (χ4n) is 3.50. The van der Waals surface area contributed by atoms with E-state index >= 15 is 0 Å². The lowest BCUT2D eigenvalue weighted by molar-refractivity contribution is -0.113. The number of carbonyl (C=O) groups excluding carboxylic acids is 2. The Morgan fingerprint density at radius 1 is 0.971 bits per heavy atom. The third-order valence-electron chi connectivity index (χ3n) is 5.36. The van der Waals surface area contributed by atoms with E-state index in [0.717, 1.165) is 11.1 Å². The second kappa shape index (κ2) is 11.0. The van der Waals surface area contributed by atoms with Crippen molar-refractivity contribution in [2.75, 3.05) is 11.1 Å². The number of hydrogen-bond acceptors (Lipinski definition) is 5. The van der Waals surface area contributed by atoms with Crippen LogP contribution in [0.2, 0.25) is 0 Å². The van der Waals surface area contributed by atoms with Crippen molar-refractivity contribution in [2.24, 2.45) is 7.05 Å². The summed E-state index contributed by atoms with van der Waals surface area (Å²) in [6.45, 7) is 1.91. The Morgan fingerprint density at radius 3 is 2.40 bits per heavy atom. The maximum atomic E-state index is 13.2. The SMILES string of the molecule is CC(NC(=O)c1ccccc1NC(=O)CSc1nnc(-c2ccc(F)cc2)n1C)c1ccccc1. The van der Waals surface area contributed by atoms with Gasteiger partial charge >= 0.3 is 0 Å². The quantitative estimate of drug-likeness (QED) is 0.346. The van der Waals surface area contributed by atoms with Crippen molar-refractivity contribution < 1.29 is 14.0 Å². The predicted octanol–water partition coefficient (Wildman–Crippen LogP) is 4.84. The number of nitrogens with zero attached hydrogens (tertiary/aromatic N) is 3. The van der Waals surface area contributed by atoms with Gasteiger partial charge in [0.25, 0.3) is 5.91 Å². The number of hydrogen-bond donors (Lipinski definition) is 2. The van der Waals surface area contributed by atoms with Crippen molar-refractivity contribution >= 4 is 29.3 Å². The van der Waals surface area contributed by atoms with Crippen molar-refractivity contribution in [2.45, 2.75) is 18.1 Å². The third-order valence-corrected chi connectivity index (χ3v) is 6.38. The monoisotopic (exact) mass is 489 g/mol. The minimum Gasteiger partial charge on any atom is -0.345 e. The number of anilines is 1. The van der Waals surface area contributed by atoms with Crippen LogP contribution in [0.4, 0.5) is 10.1 Å². The largest absolute Gasteiger partial charge is 0.345 e. The summed E-state index contributed by atoms with van der Waals surface area (Å²) < 4.78 is 14.9. The fraction of sp³-hybridized carbons (Fsp3) is 0.154. The van der Waals surface area contributed by atoms with E-state index in [4.69, 9.17) is 0 Å². The van der Waals surface area contributed by atoms with Crippen molar-refractivity contribution in [3.63, 3.8) is 0 Å². The first-order valence-electron chi connectivity index (χ1n) is 10.9. The van der Waals surface area contributed by atoms with Crippen LogP contribution in [-0.4, -0.2) is 32.3 Å². The van der Waals surface area contributed by atoms with Gasteiger partial charge in [0.2, 0.25) is 5.91 Å². The number of aromatic nitrogens is 3. The molecule has 1 aromatic heterocycles. The third kappa shape index (κ3) is 5.93. The first-order chi connectivity index (χ1) is 16.9. The molecule has 2 amide bonds. The number of halogens is 1. The highest BCUT2D eigenvalue weighted by Gasteiger charge is 2.17. The topological polar surface area (TPSA) is 88.9 Å². The van der Waals surface area contributed by atoms with Crippen LogP contribution in [0.1, 0.15) is 28.9 Å². The Hall–Kier alpha value is -3.98. The number of para-hydroxylation sites is 1. The second-order valence-electron chi connectivity index (χ2n) is 7.86. The van der Waals surface area contributed by atoms with Gasteiger partial charge in [0, 0.05) is 12.6 Å². The summed E-state index contributed by atoms with van der Waals surface area (Å²) in [7, 11) is 1.78. The lowest BCUT2D eigenvalue weighted by atomic mass is 10.1. The van der Waals surface area contributed by atoms with E-state index in [1.54, 1.807) is 48.0 Å². The molecule has 4 rings (SSSR count). The van der Waals surface area contributed by atoms with Crippen LogP contribution in [0.3, 0.4) is 0 Å². The van der Waals surface area contributed by atoms with Crippen LogP contribution in [-0.2, 0) is 11.8 Å². The summed E-state index contributed by atoms with van der Waals surface area (Å²) in [5, 5.41) is 14.6. The van der Waals surface area contributed by atoms with Crippen molar-refractivity contribution in [3.8, 4) is 11.4 Å². The van der Waals surface area contributed by atoms with E-state index in [-0.39, 0.29) is 29.4 Å². The Balaban J connectivity index is 1.39. The second-order valence-corrected chi connectivity index (χ2v) is 8.80. The Labute approximate surface area is 206 Å². The minimum atomic E-state index is -0.328. The zero-order chi connectivity index (χ0) is 24.8. The van der Waals surface area contributed by atoms with Gasteiger partial charge in [-0.1, -0.05) is 54.2 Å². The molecule has 9 heteroatoms. The van der Waals surface area contributed by atoms with E-state index in [1.165, 1.54) is 23.9 Å². The fourth-order valence-corrected chi connectivity index (χ4v) is 4.21. The summed E-state index contributed by atoms with van der Waals surface area (Å²) in [5.74, 6) is -0.237.